The summed E-state index contributed by atoms with van der Waals surface area (Å²) in [4.78, 5) is 2.09. The Labute approximate surface area is 132 Å². The van der Waals surface area contributed by atoms with E-state index in [-0.39, 0.29) is 6.04 Å². The fourth-order valence-corrected chi connectivity index (χ4v) is 3.16. The van der Waals surface area contributed by atoms with Crippen molar-refractivity contribution >= 4 is 31.9 Å². The first-order valence-electron chi connectivity index (χ1n) is 6.45. The summed E-state index contributed by atoms with van der Waals surface area (Å²) in [6.07, 6.45) is 1.86. The first kappa shape index (κ1) is 17.0. The molecule has 0 aliphatic rings. The van der Waals surface area contributed by atoms with E-state index < -0.39 is 0 Å². The summed E-state index contributed by atoms with van der Waals surface area (Å²) in [5.41, 5.74) is 7.21. The summed E-state index contributed by atoms with van der Waals surface area (Å²) in [7, 11) is 4.06. The molecule has 1 aromatic carbocycles. The quantitative estimate of drug-likeness (QED) is 0.771. The first-order chi connectivity index (χ1) is 8.93. The van der Waals surface area contributed by atoms with Gasteiger partial charge in [0.1, 0.15) is 12.4 Å². The molecule has 1 aromatic rings. The second kappa shape index (κ2) is 8.25. The first-order valence-corrected chi connectivity index (χ1v) is 8.03. The van der Waals surface area contributed by atoms with Crippen LogP contribution in [-0.4, -0.2) is 38.2 Å². The molecule has 0 fully saturated rings. The number of hydrogen-bond donors (Lipinski definition) is 1. The Morgan fingerprint density at radius 2 is 1.84 bits per heavy atom. The minimum Gasteiger partial charge on any atom is -0.490 e. The van der Waals surface area contributed by atoms with Crippen molar-refractivity contribution in [3.8, 4) is 5.75 Å². The Morgan fingerprint density at radius 1 is 1.26 bits per heavy atom. The van der Waals surface area contributed by atoms with Crippen LogP contribution in [-0.2, 0) is 6.42 Å². The predicted octanol–water partition coefficient (Wildman–Crippen LogP) is 3.43. The fraction of sp³-hybridized carbons (Fsp3) is 0.571. The van der Waals surface area contributed by atoms with Crippen molar-refractivity contribution in [3.05, 3.63) is 26.6 Å². The highest BCUT2D eigenvalue weighted by atomic mass is 79.9. The lowest BCUT2D eigenvalue weighted by atomic mass is 10.0. The van der Waals surface area contributed by atoms with E-state index in [1.54, 1.807) is 0 Å². The summed E-state index contributed by atoms with van der Waals surface area (Å²) in [5.74, 6) is 0.857. The molecule has 0 amide bonds. The van der Waals surface area contributed by atoms with Crippen LogP contribution in [0.4, 0.5) is 0 Å². The highest BCUT2D eigenvalue weighted by Gasteiger charge is 2.11. The lowest BCUT2D eigenvalue weighted by Crippen LogP contribution is -2.21. The summed E-state index contributed by atoms with van der Waals surface area (Å²) in [6.45, 7) is 3.66. The van der Waals surface area contributed by atoms with Crippen molar-refractivity contribution in [2.75, 3.05) is 27.2 Å². The van der Waals surface area contributed by atoms with Gasteiger partial charge in [-0.1, -0.05) is 6.92 Å². The molecule has 0 aliphatic heterocycles. The van der Waals surface area contributed by atoms with Crippen molar-refractivity contribution in [2.45, 2.75) is 25.8 Å². The maximum Gasteiger partial charge on any atom is 0.147 e. The van der Waals surface area contributed by atoms with Crippen LogP contribution in [0.2, 0.25) is 0 Å². The van der Waals surface area contributed by atoms with E-state index in [9.17, 15) is 0 Å². The number of ether oxygens (including phenoxy) is 1. The number of nitrogens with zero attached hydrogens (tertiary/aromatic N) is 1. The minimum absolute atomic E-state index is 0.208. The van der Waals surface area contributed by atoms with Gasteiger partial charge < -0.3 is 15.4 Å². The molecule has 0 saturated heterocycles. The predicted molar refractivity (Wildman–Crippen MR) is 87.9 cm³/mol. The zero-order chi connectivity index (χ0) is 14.4. The molecular weight excluding hydrogens is 372 g/mol. The van der Waals surface area contributed by atoms with Gasteiger partial charge in [0.15, 0.2) is 0 Å². The maximum atomic E-state index is 5.99. The minimum atomic E-state index is 0.208. The number of nitrogens with two attached hydrogens (primary N) is 1. The zero-order valence-electron chi connectivity index (χ0n) is 11.7. The van der Waals surface area contributed by atoms with Crippen LogP contribution in [0.5, 0.6) is 5.75 Å². The average molecular weight is 394 g/mol. The number of hydrogen-bond acceptors (Lipinski definition) is 3. The van der Waals surface area contributed by atoms with Gasteiger partial charge in [-0.25, -0.2) is 0 Å². The molecule has 3 nitrogen and oxygen atoms in total. The third-order valence-electron chi connectivity index (χ3n) is 2.87. The van der Waals surface area contributed by atoms with Gasteiger partial charge in [0, 0.05) is 12.6 Å². The van der Waals surface area contributed by atoms with Crippen LogP contribution in [0.25, 0.3) is 0 Å². The Kier molecular flexibility index (Phi) is 7.36. The molecule has 0 radical (unpaired) electrons. The number of halogens is 2. The van der Waals surface area contributed by atoms with Gasteiger partial charge in [-0.2, -0.15) is 0 Å². The molecule has 2 N–H and O–H groups in total. The number of likely N-dealkylation sites (N-methyl/N-ethyl adjacent to an activating group) is 1. The number of rotatable bonds is 7. The Morgan fingerprint density at radius 3 is 2.32 bits per heavy atom. The van der Waals surface area contributed by atoms with Crippen molar-refractivity contribution in [3.63, 3.8) is 0 Å². The molecule has 5 heteroatoms. The third-order valence-corrected chi connectivity index (χ3v) is 4.04. The van der Waals surface area contributed by atoms with Crippen LogP contribution in [0, 0.1) is 0 Å². The third kappa shape index (κ3) is 5.81. The maximum absolute atomic E-state index is 5.99. The van der Waals surface area contributed by atoms with Crippen LogP contribution >= 0.6 is 31.9 Å². The van der Waals surface area contributed by atoms with Gasteiger partial charge in [0.2, 0.25) is 0 Å². The highest BCUT2D eigenvalue weighted by molar-refractivity contribution is 9.11. The molecule has 0 aliphatic carbocycles. The van der Waals surface area contributed by atoms with Gasteiger partial charge in [-0.05, 0) is 76.5 Å². The lowest BCUT2D eigenvalue weighted by molar-refractivity contribution is 0.259. The van der Waals surface area contributed by atoms with Crippen LogP contribution < -0.4 is 10.5 Å². The molecule has 19 heavy (non-hydrogen) atoms. The van der Waals surface area contributed by atoms with Crippen molar-refractivity contribution in [1.82, 2.24) is 4.90 Å². The highest BCUT2D eigenvalue weighted by Crippen LogP contribution is 2.35. The topological polar surface area (TPSA) is 38.5 Å². The van der Waals surface area contributed by atoms with Gasteiger partial charge in [-0.15, -0.1) is 0 Å². The fourth-order valence-electron chi connectivity index (χ4n) is 1.65. The van der Waals surface area contributed by atoms with Crippen LogP contribution in [0.3, 0.4) is 0 Å². The van der Waals surface area contributed by atoms with E-state index >= 15 is 0 Å². The van der Waals surface area contributed by atoms with E-state index in [0.29, 0.717) is 6.61 Å². The van der Waals surface area contributed by atoms with Crippen molar-refractivity contribution < 1.29 is 4.74 Å². The molecule has 1 unspecified atom stereocenters. The van der Waals surface area contributed by atoms with Gasteiger partial charge in [-0.3, -0.25) is 0 Å². The Balaban J connectivity index is 2.74. The molecule has 0 heterocycles. The van der Waals surface area contributed by atoms with Gasteiger partial charge >= 0.3 is 0 Å². The normalized spacial score (nSPS) is 12.8. The molecule has 0 bridgehead atoms. The van der Waals surface area contributed by atoms with E-state index in [1.807, 2.05) is 14.1 Å². The molecular formula is C14H22Br2N2O. The monoisotopic (exact) mass is 392 g/mol. The summed E-state index contributed by atoms with van der Waals surface area (Å²) in [5, 5.41) is 0. The van der Waals surface area contributed by atoms with E-state index in [0.717, 1.165) is 34.1 Å². The smallest absolute Gasteiger partial charge is 0.147 e. The second-order valence-corrected chi connectivity index (χ2v) is 6.62. The van der Waals surface area contributed by atoms with Gasteiger partial charge in [0.25, 0.3) is 0 Å². The van der Waals surface area contributed by atoms with E-state index in [4.69, 9.17) is 10.5 Å². The standard InChI is InChI=1S/C14H22Br2N2O/c1-4-11(17)7-10-8-12(15)14(13(16)9-10)19-6-5-18(2)3/h8-9,11H,4-7,17H2,1-3H3. The Hall–Kier alpha value is -0.100. The van der Waals surface area contributed by atoms with Crippen LogP contribution in [0.15, 0.2) is 21.1 Å². The summed E-state index contributed by atoms with van der Waals surface area (Å²) < 4.78 is 7.74. The molecule has 1 rings (SSSR count). The Bertz CT molecular complexity index is 387. The van der Waals surface area contributed by atoms with E-state index in [2.05, 4.69) is 55.8 Å². The van der Waals surface area contributed by atoms with Gasteiger partial charge in [0.05, 0.1) is 8.95 Å². The largest absolute Gasteiger partial charge is 0.490 e. The van der Waals surface area contributed by atoms with E-state index in [1.165, 1.54) is 5.56 Å². The van der Waals surface area contributed by atoms with Crippen LogP contribution in [0.1, 0.15) is 18.9 Å². The zero-order valence-corrected chi connectivity index (χ0v) is 14.9. The lowest BCUT2D eigenvalue weighted by Gasteiger charge is -2.15. The SMILES string of the molecule is CCC(N)Cc1cc(Br)c(OCCN(C)C)c(Br)c1. The molecule has 1 atom stereocenters. The number of benzene rings is 1. The molecule has 0 spiro atoms. The molecule has 0 aromatic heterocycles. The molecule has 0 saturated carbocycles. The van der Waals surface area contributed by atoms with Crippen molar-refractivity contribution in [2.24, 2.45) is 5.73 Å². The summed E-state index contributed by atoms with van der Waals surface area (Å²) in [6, 6.07) is 4.38. The molecule has 108 valence electrons. The van der Waals surface area contributed by atoms with Crippen molar-refractivity contribution in [1.29, 1.82) is 0 Å². The average Bonchev–Trinajstić information content (AvgIpc) is 2.32. The second-order valence-electron chi connectivity index (χ2n) is 4.91. The summed E-state index contributed by atoms with van der Waals surface area (Å²) >= 11 is 7.14.